The van der Waals surface area contributed by atoms with Gasteiger partial charge < -0.3 is 9.47 Å². The lowest BCUT2D eigenvalue weighted by Crippen LogP contribution is -2.26. The Morgan fingerprint density at radius 1 is 1.24 bits per heavy atom. The molecule has 0 unspecified atom stereocenters. The molecule has 25 heavy (non-hydrogen) atoms. The molecule has 3 rings (SSSR count). The minimum Gasteiger partial charge on any atom is -0.466 e. The lowest BCUT2D eigenvalue weighted by molar-refractivity contribution is -0.149. The highest BCUT2D eigenvalue weighted by atomic mass is 16.6. The number of esters is 2. The Hall–Kier alpha value is -2.70. The van der Waals surface area contributed by atoms with Crippen molar-refractivity contribution in [3.8, 4) is 0 Å². The maximum atomic E-state index is 12.7. The van der Waals surface area contributed by atoms with Crippen LogP contribution in [0.4, 0.5) is 0 Å². The van der Waals surface area contributed by atoms with E-state index in [4.69, 9.17) is 4.74 Å². The number of hydrogen-bond donors (Lipinski definition) is 0. The molecular weight excluding hydrogens is 324 g/mol. The van der Waals surface area contributed by atoms with Gasteiger partial charge in [-0.1, -0.05) is 6.42 Å². The quantitative estimate of drug-likeness (QED) is 0.790. The Balaban J connectivity index is 1.96. The van der Waals surface area contributed by atoms with Crippen LogP contribution in [0, 0.1) is 0 Å². The lowest BCUT2D eigenvalue weighted by Gasteiger charge is -2.12. The Bertz CT molecular complexity index is 887. The normalized spacial score (nSPS) is 15.1. The summed E-state index contributed by atoms with van der Waals surface area (Å²) < 4.78 is 11.3. The first-order chi connectivity index (χ1) is 12.0. The molecule has 1 aromatic heterocycles. The van der Waals surface area contributed by atoms with E-state index in [0.717, 1.165) is 31.5 Å². The second-order valence-corrected chi connectivity index (χ2v) is 6.10. The second-order valence-electron chi connectivity index (χ2n) is 6.10. The molecule has 7 heteroatoms. The predicted octanol–water partition coefficient (Wildman–Crippen LogP) is 1.84. The van der Waals surface area contributed by atoms with Crippen LogP contribution in [0.15, 0.2) is 23.0 Å². The van der Waals surface area contributed by atoms with Gasteiger partial charge in [0.25, 0.3) is 5.56 Å². The van der Waals surface area contributed by atoms with Gasteiger partial charge in [-0.05, 0) is 38.0 Å². The van der Waals surface area contributed by atoms with Crippen LogP contribution in [-0.4, -0.2) is 34.7 Å². The van der Waals surface area contributed by atoms with Gasteiger partial charge >= 0.3 is 11.9 Å². The molecule has 1 aromatic carbocycles. The maximum Gasteiger partial charge on any atom is 0.346 e. The third-order valence-corrected chi connectivity index (χ3v) is 4.37. The van der Waals surface area contributed by atoms with Crippen molar-refractivity contribution in [2.45, 2.75) is 45.3 Å². The molecular formula is C18H20N2O5. The molecule has 0 bridgehead atoms. The predicted molar refractivity (Wildman–Crippen MR) is 90.5 cm³/mol. The minimum atomic E-state index is -1.00. The van der Waals surface area contributed by atoms with Gasteiger partial charge in [-0.15, -0.1) is 0 Å². The van der Waals surface area contributed by atoms with Crippen LogP contribution >= 0.6 is 0 Å². The molecule has 2 aromatic rings. The third-order valence-electron chi connectivity index (χ3n) is 4.37. The largest absolute Gasteiger partial charge is 0.466 e. The Morgan fingerprint density at radius 3 is 2.80 bits per heavy atom. The van der Waals surface area contributed by atoms with Crippen molar-refractivity contribution in [2.24, 2.45) is 0 Å². The molecule has 2 heterocycles. The highest BCUT2D eigenvalue weighted by Crippen LogP contribution is 2.17. The van der Waals surface area contributed by atoms with E-state index in [0.29, 0.717) is 17.4 Å². The van der Waals surface area contributed by atoms with Crippen molar-refractivity contribution in [3.05, 3.63) is 39.9 Å². The van der Waals surface area contributed by atoms with Crippen LogP contribution in [0.25, 0.3) is 10.9 Å². The smallest absolute Gasteiger partial charge is 0.346 e. The average Bonchev–Trinajstić information content (AvgIpc) is 2.86. The fourth-order valence-electron chi connectivity index (χ4n) is 2.99. The first-order valence-electron chi connectivity index (χ1n) is 8.33. The Kier molecular flexibility index (Phi) is 4.83. The number of aromatic nitrogens is 2. The SMILES string of the molecule is COC(=O)[C@@H](C)OC(=O)c1ccc2c(=O)n3c(nc2c1)CCCCC3. The first kappa shape index (κ1) is 17.1. The number of nitrogens with zero attached hydrogens (tertiary/aromatic N) is 2. The first-order valence-corrected chi connectivity index (χ1v) is 8.33. The number of carbonyl (C=O) groups is 2. The molecule has 0 saturated carbocycles. The summed E-state index contributed by atoms with van der Waals surface area (Å²) in [6.45, 7) is 2.12. The second kappa shape index (κ2) is 7.04. The number of methoxy groups -OCH3 is 1. The number of carbonyl (C=O) groups excluding carboxylic acids is 2. The topological polar surface area (TPSA) is 87.5 Å². The fourth-order valence-corrected chi connectivity index (χ4v) is 2.99. The molecule has 0 saturated heterocycles. The number of benzene rings is 1. The van der Waals surface area contributed by atoms with Crippen LogP contribution in [0.3, 0.4) is 0 Å². The number of hydrogen-bond acceptors (Lipinski definition) is 6. The van der Waals surface area contributed by atoms with Gasteiger partial charge in [-0.3, -0.25) is 9.36 Å². The van der Waals surface area contributed by atoms with Gasteiger partial charge in [-0.2, -0.15) is 0 Å². The van der Waals surface area contributed by atoms with E-state index in [-0.39, 0.29) is 11.1 Å². The van der Waals surface area contributed by atoms with Gasteiger partial charge in [-0.25, -0.2) is 14.6 Å². The van der Waals surface area contributed by atoms with Crippen LogP contribution < -0.4 is 5.56 Å². The Labute approximate surface area is 144 Å². The summed E-state index contributed by atoms with van der Waals surface area (Å²) in [7, 11) is 1.23. The average molecular weight is 344 g/mol. The van der Waals surface area contributed by atoms with Crippen molar-refractivity contribution in [1.82, 2.24) is 9.55 Å². The van der Waals surface area contributed by atoms with E-state index < -0.39 is 18.0 Å². The molecule has 1 aliphatic rings. The molecule has 0 fully saturated rings. The van der Waals surface area contributed by atoms with Gasteiger partial charge in [0, 0.05) is 13.0 Å². The van der Waals surface area contributed by atoms with E-state index >= 15 is 0 Å². The van der Waals surface area contributed by atoms with Crippen molar-refractivity contribution in [3.63, 3.8) is 0 Å². The number of fused-ring (bicyclic) bond motifs is 2. The van der Waals surface area contributed by atoms with Crippen molar-refractivity contribution in [2.75, 3.05) is 7.11 Å². The number of aryl methyl sites for hydroxylation is 1. The summed E-state index contributed by atoms with van der Waals surface area (Å²) >= 11 is 0. The number of rotatable bonds is 3. The fraction of sp³-hybridized carbons (Fsp3) is 0.444. The van der Waals surface area contributed by atoms with Crippen molar-refractivity contribution in [1.29, 1.82) is 0 Å². The van der Waals surface area contributed by atoms with Crippen LogP contribution in [0.2, 0.25) is 0 Å². The van der Waals surface area contributed by atoms with E-state index in [2.05, 4.69) is 9.72 Å². The summed E-state index contributed by atoms with van der Waals surface area (Å²) in [5.74, 6) is -0.532. The molecule has 1 atom stereocenters. The summed E-state index contributed by atoms with van der Waals surface area (Å²) in [5.41, 5.74) is 0.636. The monoisotopic (exact) mass is 344 g/mol. The van der Waals surface area contributed by atoms with E-state index in [1.165, 1.54) is 26.2 Å². The molecule has 0 N–H and O–H groups in total. The Morgan fingerprint density at radius 2 is 2.04 bits per heavy atom. The summed E-state index contributed by atoms with van der Waals surface area (Å²) in [4.78, 5) is 40.8. The summed E-state index contributed by atoms with van der Waals surface area (Å²) in [6, 6.07) is 4.64. The van der Waals surface area contributed by atoms with E-state index in [1.807, 2.05) is 0 Å². The maximum absolute atomic E-state index is 12.7. The summed E-state index contributed by atoms with van der Waals surface area (Å²) in [5, 5.41) is 0.475. The third kappa shape index (κ3) is 3.40. The molecule has 0 radical (unpaired) electrons. The molecule has 0 amide bonds. The van der Waals surface area contributed by atoms with Gasteiger partial charge in [0.1, 0.15) is 5.82 Å². The standard InChI is InChI=1S/C18H20N2O5/c1-11(17(22)24-2)25-18(23)12-7-8-13-14(10-12)19-15-6-4-3-5-9-20(15)16(13)21/h7-8,10-11H,3-6,9H2,1-2H3/t11-/m1/s1. The van der Waals surface area contributed by atoms with Crippen LogP contribution in [0.5, 0.6) is 0 Å². The number of ether oxygens (including phenoxy) is 2. The lowest BCUT2D eigenvalue weighted by atomic mass is 10.1. The van der Waals surface area contributed by atoms with E-state index in [9.17, 15) is 14.4 Å². The summed E-state index contributed by atoms with van der Waals surface area (Å²) in [6.07, 6.45) is 2.78. The zero-order chi connectivity index (χ0) is 18.0. The highest BCUT2D eigenvalue weighted by molar-refractivity contribution is 5.95. The van der Waals surface area contributed by atoms with Crippen LogP contribution in [0.1, 0.15) is 42.4 Å². The van der Waals surface area contributed by atoms with Crippen molar-refractivity contribution >= 4 is 22.8 Å². The molecule has 0 aliphatic carbocycles. The van der Waals surface area contributed by atoms with Gasteiger partial charge in [0.05, 0.1) is 23.6 Å². The van der Waals surface area contributed by atoms with E-state index in [1.54, 1.807) is 10.6 Å². The molecule has 132 valence electrons. The highest BCUT2D eigenvalue weighted by Gasteiger charge is 2.20. The molecule has 7 nitrogen and oxygen atoms in total. The molecule has 1 aliphatic heterocycles. The van der Waals surface area contributed by atoms with Gasteiger partial charge in [0.2, 0.25) is 0 Å². The van der Waals surface area contributed by atoms with Gasteiger partial charge in [0.15, 0.2) is 6.10 Å². The minimum absolute atomic E-state index is 0.0789. The molecule has 0 spiro atoms. The zero-order valence-corrected chi connectivity index (χ0v) is 14.3. The zero-order valence-electron chi connectivity index (χ0n) is 14.3. The van der Waals surface area contributed by atoms with Crippen LogP contribution in [-0.2, 0) is 27.2 Å². The van der Waals surface area contributed by atoms with Crippen molar-refractivity contribution < 1.29 is 19.1 Å².